The second-order valence-electron chi connectivity index (χ2n) is 5.67. The van der Waals surface area contributed by atoms with Gasteiger partial charge in [0.05, 0.1) is 14.2 Å². The summed E-state index contributed by atoms with van der Waals surface area (Å²) in [4.78, 5) is 16.5. The maximum Gasteiger partial charge on any atom is 0.275 e. The van der Waals surface area contributed by atoms with Crippen LogP contribution < -0.4 is 14.8 Å². The summed E-state index contributed by atoms with van der Waals surface area (Å²) in [6.45, 7) is 1.95. The van der Waals surface area contributed by atoms with Gasteiger partial charge in [-0.2, -0.15) is 0 Å². The molecule has 1 aliphatic carbocycles. The van der Waals surface area contributed by atoms with E-state index in [2.05, 4.69) is 10.3 Å². The van der Waals surface area contributed by atoms with Gasteiger partial charge in [0, 0.05) is 11.5 Å². The van der Waals surface area contributed by atoms with E-state index < -0.39 is 0 Å². The molecule has 0 unspecified atom stereocenters. The smallest absolute Gasteiger partial charge is 0.275 e. The van der Waals surface area contributed by atoms with Crippen LogP contribution in [0.15, 0.2) is 22.8 Å². The van der Waals surface area contributed by atoms with Crippen LogP contribution in [0.1, 0.15) is 30.4 Å². The van der Waals surface area contributed by atoms with Crippen molar-refractivity contribution in [3.63, 3.8) is 0 Å². The largest absolute Gasteiger partial charge is 0.496 e. The van der Waals surface area contributed by atoms with Crippen molar-refractivity contribution in [2.24, 2.45) is 10.9 Å². The first-order chi connectivity index (χ1) is 10.6. The number of nitrogens with zero attached hydrogens (tertiary/aromatic N) is 1. The van der Waals surface area contributed by atoms with E-state index in [1.807, 2.05) is 19.1 Å². The van der Waals surface area contributed by atoms with Gasteiger partial charge < -0.3 is 14.8 Å². The van der Waals surface area contributed by atoms with Crippen LogP contribution in [0.2, 0.25) is 0 Å². The molecule has 22 heavy (non-hydrogen) atoms. The minimum absolute atomic E-state index is 0.150. The molecule has 1 fully saturated rings. The van der Waals surface area contributed by atoms with Crippen LogP contribution in [0.25, 0.3) is 6.08 Å². The lowest BCUT2D eigenvalue weighted by atomic mass is 9.84. The molecule has 5 heteroatoms. The lowest BCUT2D eigenvalue weighted by Gasteiger charge is -2.24. The first-order valence-electron chi connectivity index (χ1n) is 7.46. The molecule has 0 spiro atoms. The van der Waals surface area contributed by atoms with Gasteiger partial charge in [-0.15, -0.1) is 0 Å². The predicted molar refractivity (Wildman–Crippen MR) is 85.2 cm³/mol. The highest BCUT2D eigenvalue weighted by Gasteiger charge is 2.30. The van der Waals surface area contributed by atoms with Gasteiger partial charge >= 0.3 is 0 Å². The van der Waals surface area contributed by atoms with Gasteiger partial charge in [0.15, 0.2) is 0 Å². The molecule has 0 atom stereocenters. The van der Waals surface area contributed by atoms with Crippen molar-refractivity contribution in [3.05, 3.63) is 29.0 Å². The second kappa shape index (κ2) is 5.83. The van der Waals surface area contributed by atoms with Crippen molar-refractivity contribution in [2.45, 2.75) is 26.2 Å². The molecular weight excluding hydrogens is 280 g/mol. The Kier molecular flexibility index (Phi) is 3.88. The fourth-order valence-corrected chi connectivity index (χ4v) is 2.70. The van der Waals surface area contributed by atoms with Crippen LogP contribution in [-0.4, -0.2) is 26.0 Å². The normalized spacial score (nSPS) is 19.7. The third-order valence-corrected chi connectivity index (χ3v) is 4.25. The summed E-state index contributed by atoms with van der Waals surface area (Å²) in [7, 11) is 3.24. The molecular formula is C17H20N2O3. The number of amides is 1. The van der Waals surface area contributed by atoms with E-state index in [1.165, 1.54) is 6.42 Å². The number of hydrogen-bond acceptors (Lipinski definition) is 4. The Labute approximate surface area is 130 Å². The Bertz CT molecular complexity index is 673. The van der Waals surface area contributed by atoms with Crippen molar-refractivity contribution in [3.8, 4) is 11.5 Å². The van der Waals surface area contributed by atoms with Crippen molar-refractivity contribution in [1.29, 1.82) is 0 Å². The Morgan fingerprint density at radius 2 is 1.95 bits per heavy atom. The average Bonchev–Trinajstić information content (AvgIpc) is 2.79. The first kappa shape index (κ1) is 14.6. The van der Waals surface area contributed by atoms with Crippen molar-refractivity contribution < 1.29 is 14.3 Å². The molecule has 2 aliphatic rings. The van der Waals surface area contributed by atoms with Crippen LogP contribution >= 0.6 is 0 Å². The number of benzene rings is 1. The summed E-state index contributed by atoms with van der Waals surface area (Å²) in [5.41, 5.74) is 2.19. The summed E-state index contributed by atoms with van der Waals surface area (Å²) >= 11 is 0. The van der Waals surface area contributed by atoms with Crippen LogP contribution in [0.4, 0.5) is 0 Å². The van der Waals surface area contributed by atoms with E-state index in [-0.39, 0.29) is 5.91 Å². The van der Waals surface area contributed by atoms with E-state index in [4.69, 9.17) is 9.47 Å². The molecule has 0 radical (unpaired) electrons. The molecule has 0 saturated heterocycles. The van der Waals surface area contributed by atoms with Gasteiger partial charge in [-0.05, 0) is 43.5 Å². The zero-order valence-electron chi connectivity index (χ0n) is 13.1. The monoisotopic (exact) mass is 300 g/mol. The lowest BCUT2D eigenvalue weighted by molar-refractivity contribution is -0.115. The van der Waals surface area contributed by atoms with Gasteiger partial charge in [-0.1, -0.05) is 6.42 Å². The van der Waals surface area contributed by atoms with Crippen LogP contribution in [-0.2, 0) is 4.79 Å². The SMILES string of the molecule is COc1cc(/C=C2/N=C(C3CCC3)NC2=O)c(OC)cc1C. The number of amidine groups is 1. The molecule has 1 aromatic carbocycles. The third kappa shape index (κ3) is 2.58. The Balaban J connectivity index is 1.96. The van der Waals surface area contributed by atoms with E-state index in [0.29, 0.717) is 17.4 Å². The predicted octanol–water partition coefficient (Wildman–Crippen LogP) is 2.68. The molecule has 3 rings (SSSR count). The zero-order valence-corrected chi connectivity index (χ0v) is 13.1. The van der Waals surface area contributed by atoms with Crippen molar-refractivity contribution in [2.75, 3.05) is 14.2 Å². The Morgan fingerprint density at radius 3 is 2.55 bits per heavy atom. The fraction of sp³-hybridized carbons (Fsp3) is 0.412. The molecule has 1 aromatic rings. The van der Waals surface area contributed by atoms with Crippen LogP contribution in [0, 0.1) is 12.8 Å². The van der Waals surface area contributed by atoms with Crippen LogP contribution in [0.3, 0.4) is 0 Å². The van der Waals surface area contributed by atoms with E-state index in [9.17, 15) is 4.79 Å². The topological polar surface area (TPSA) is 59.9 Å². The minimum atomic E-state index is -0.150. The lowest BCUT2D eigenvalue weighted by Crippen LogP contribution is -2.33. The number of aryl methyl sites for hydroxylation is 1. The highest BCUT2D eigenvalue weighted by atomic mass is 16.5. The molecule has 5 nitrogen and oxygen atoms in total. The molecule has 1 N–H and O–H groups in total. The Morgan fingerprint density at radius 1 is 1.23 bits per heavy atom. The van der Waals surface area contributed by atoms with Gasteiger partial charge in [0.25, 0.3) is 5.91 Å². The van der Waals surface area contributed by atoms with E-state index >= 15 is 0 Å². The van der Waals surface area contributed by atoms with Gasteiger partial charge in [-0.3, -0.25) is 4.79 Å². The summed E-state index contributed by atoms with van der Waals surface area (Å²) in [6.07, 6.45) is 5.17. The molecule has 1 saturated carbocycles. The molecule has 1 aliphatic heterocycles. The standard InChI is InChI=1S/C17H20N2O3/c1-10-7-15(22-3)12(9-14(10)21-2)8-13-17(20)19-16(18-13)11-5-4-6-11/h7-9,11H,4-6H2,1-3H3,(H,18,19,20)/b13-8+. The van der Waals surface area contributed by atoms with Gasteiger partial charge in [0.2, 0.25) is 0 Å². The summed E-state index contributed by atoms with van der Waals surface area (Å²) in [5, 5.41) is 2.87. The van der Waals surface area contributed by atoms with E-state index in [0.717, 1.165) is 35.6 Å². The molecule has 1 heterocycles. The molecule has 1 amide bonds. The average molecular weight is 300 g/mol. The zero-order chi connectivity index (χ0) is 15.7. The first-order valence-corrected chi connectivity index (χ1v) is 7.46. The molecule has 0 bridgehead atoms. The second-order valence-corrected chi connectivity index (χ2v) is 5.67. The van der Waals surface area contributed by atoms with Crippen LogP contribution in [0.5, 0.6) is 11.5 Å². The van der Waals surface area contributed by atoms with Gasteiger partial charge in [0.1, 0.15) is 23.0 Å². The maximum atomic E-state index is 12.1. The number of rotatable bonds is 4. The summed E-state index contributed by atoms with van der Waals surface area (Å²) < 4.78 is 10.7. The highest BCUT2D eigenvalue weighted by Crippen LogP contribution is 2.32. The van der Waals surface area contributed by atoms with E-state index in [1.54, 1.807) is 20.3 Å². The number of methoxy groups -OCH3 is 2. The summed E-state index contributed by atoms with van der Waals surface area (Å²) in [5.74, 6) is 2.52. The maximum absolute atomic E-state index is 12.1. The Hall–Kier alpha value is -2.30. The summed E-state index contributed by atoms with van der Waals surface area (Å²) in [6, 6.07) is 3.76. The van der Waals surface area contributed by atoms with Gasteiger partial charge in [-0.25, -0.2) is 4.99 Å². The number of ether oxygens (including phenoxy) is 2. The number of nitrogens with one attached hydrogen (secondary N) is 1. The molecule has 116 valence electrons. The number of carbonyl (C=O) groups is 1. The van der Waals surface area contributed by atoms with Crippen molar-refractivity contribution >= 4 is 17.8 Å². The number of carbonyl (C=O) groups excluding carboxylic acids is 1. The fourth-order valence-electron chi connectivity index (χ4n) is 2.70. The third-order valence-electron chi connectivity index (χ3n) is 4.25. The minimum Gasteiger partial charge on any atom is -0.496 e. The highest BCUT2D eigenvalue weighted by molar-refractivity contribution is 6.15. The number of hydrogen-bond donors (Lipinski definition) is 1. The molecule has 0 aromatic heterocycles. The van der Waals surface area contributed by atoms with Crippen molar-refractivity contribution in [1.82, 2.24) is 5.32 Å². The number of aliphatic imine (C=N–C) groups is 1. The quantitative estimate of drug-likeness (QED) is 0.870.